The minimum Gasteiger partial charge on any atom is -0.320 e. The molecule has 0 spiro atoms. The van der Waals surface area contributed by atoms with E-state index in [0.717, 1.165) is 44.3 Å². The van der Waals surface area contributed by atoms with Gasteiger partial charge in [0.05, 0.1) is 44.2 Å². The van der Waals surface area contributed by atoms with Crippen molar-refractivity contribution in [2.24, 2.45) is 0 Å². The first-order valence-corrected chi connectivity index (χ1v) is 16.4. The number of H-pyrrole nitrogens is 3. The molecule has 3 N–H and O–H groups in total. The summed E-state index contributed by atoms with van der Waals surface area (Å²) in [4.78, 5) is 55.4. The van der Waals surface area contributed by atoms with Gasteiger partial charge >= 0.3 is 0 Å². The van der Waals surface area contributed by atoms with E-state index >= 15 is 0 Å². The number of hydrogen-bond acceptors (Lipinski definition) is 6. The summed E-state index contributed by atoms with van der Waals surface area (Å²) in [5.41, 5.74) is 6.62. The molecule has 0 atom stereocenters. The number of rotatable bonds is 4. The summed E-state index contributed by atoms with van der Waals surface area (Å²) in [6.07, 6.45) is 7.73. The zero-order valence-corrected chi connectivity index (χ0v) is 29.9. The van der Waals surface area contributed by atoms with Gasteiger partial charge in [0, 0.05) is 24.2 Å². The number of hydrogen-bond donors (Lipinski definition) is 3. The molecule has 0 aliphatic rings. The molecule has 12 heteroatoms. The van der Waals surface area contributed by atoms with Gasteiger partial charge in [-0.2, -0.15) is 0 Å². The van der Waals surface area contributed by atoms with E-state index in [2.05, 4.69) is 63.5 Å². The Morgan fingerprint density at radius 3 is 1.58 bits per heavy atom. The van der Waals surface area contributed by atoms with Gasteiger partial charge in [-0.05, 0) is 78.1 Å². The summed E-state index contributed by atoms with van der Waals surface area (Å²) in [5, 5.41) is 0.220. The molecule has 0 aliphatic carbocycles. The zero-order chi connectivity index (χ0) is 37.0. The van der Waals surface area contributed by atoms with Crippen LogP contribution in [0.4, 0.5) is 8.78 Å². The monoisotopic (exact) mass is 700 g/mol. The third-order valence-corrected chi connectivity index (χ3v) is 8.74. The van der Waals surface area contributed by atoms with E-state index in [1.165, 1.54) is 6.92 Å². The molecule has 0 unspecified atom stereocenters. The fourth-order valence-electron chi connectivity index (χ4n) is 5.10. The summed E-state index contributed by atoms with van der Waals surface area (Å²) in [6.45, 7) is 15.6. The molecule has 0 amide bonds. The number of aromatic amines is 3. The van der Waals surface area contributed by atoms with E-state index in [1.54, 1.807) is 18.3 Å². The second kappa shape index (κ2) is 15.6. The average Bonchev–Trinajstić information content (AvgIpc) is 3.06. The SMILES string of the molecule is C#Cc1cc2ncc(C(C)C)cc2[nH]c1=O.Cc1c(C(F)F)c(=O)[nH]c2cc(C(C)C)cnc12.Cc1c(Cl)c(=O)[nH]c2cc(C(C)C)cnc12. The molecule has 9 nitrogen and oxygen atoms in total. The van der Waals surface area contributed by atoms with Gasteiger partial charge in [0.25, 0.3) is 23.1 Å². The molecular formula is C38H39ClF2N6O3. The maximum atomic E-state index is 12.8. The van der Waals surface area contributed by atoms with Gasteiger partial charge < -0.3 is 15.0 Å². The fourth-order valence-corrected chi connectivity index (χ4v) is 5.24. The molecular weight excluding hydrogens is 662 g/mol. The third-order valence-electron chi connectivity index (χ3n) is 8.29. The van der Waals surface area contributed by atoms with Crippen LogP contribution in [0.5, 0.6) is 0 Å². The Hall–Kier alpha value is -5.21. The first kappa shape index (κ1) is 37.6. The van der Waals surface area contributed by atoms with E-state index in [9.17, 15) is 23.2 Å². The molecule has 6 heterocycles. The molecule has 0 aromatic carbocycles. The molecule has 0 radical (unpaired) electrons. The lowest BCUT2D eigenvalue weighted by Gasteiger charge is -2.10. The fraction of sp³-hybridized carbons (Fsp3) is 0.316. The van der Waals surface area contributed by atoms with Crippen molar-refractivity contribution in [2.75, 3.05) is 0 Å². The van der Waals surface area contributed by atoms with Crippen LogP contribution in [0.25, 0.3) is 33.1 Å². The quantitative estimate of drug-likeness (QED) is 0.158. The maximum Gasteiger partial charge on any atom is 0.269 e. The summed E-state index contributed by atoms with van der Waals surface area (Å²) < 4.78 is 25.6. The number of pyridine rings is 6. The van der Waals surface area contributed by atoms with Crippen LogP contribution >= 0.6 is 11.6 Å². The maximum absolute atomic E-state index is 12.8. The highest BCUT2D eigenvalue weighted by atomic mass is 35.5. The molecule has 0 aliphatic heterocycles. The zero-order valence-electron chi connectivity index (χ0n) is 29.1. The summed E-state index contributed by atoms with van der Waals surface area (Å²) in [7, 11) is 0. The van der Waals surface area contributed by atoms with E-state index < -0.39 is 17.5 Å². The Kier molecular flexibility index (Phi) is 11.7. The van der Waals surface area contributed by atoms with Crippen molar-refractivity contribution >= 4 is 44.7 Å². The van der Waals surface area contributed by atoms with E-state index in [1.807, 2.05) is 45.3 Å². The lowest BCUT2D eigenvalue weighted by atomic mass is 10.0. The van der Waals surface area contributed by atoms with Crippen molar-refractivity contribution in [3.8, 4) is 12.3 Å². The summed E-state index contributed by atoms with van der Waals surface area (Å²) >= 11 is 5.88. The van der Waals surface area contributed by atoms with E-state index in [0.29, 0.717) is 28.4 Å². The molecule has 0 bridgehead atoms. The van der Waals surface area contributed by atoms with Crippen molar-refractivity contribution in [1.82, 2.24) is 29.9 Å². The van der Waals surface area contributed by atoms with Crippen molar-refractivity contribution in [2.45, 2.75) is 79.6 Å². The number of nitrogens with one attached hydrogen (secondary N) is 3. The largest absolute Gasteiger partial charge is 0.320 e. The second-order valence-corrected chi connectivity index (χ2v) is 13.2. The van der Waals surface area contributed by atoms with Gasteiger partial charge in [-0.15, -0.1) is 6.42 Å². The van der Waals surface area contributed by atoms with Gasteiger partial charge in [0.15, 0.2) is 0 Å². The summed E-state index contributed by atoms with van der Waals surface area (Å²) in [6, 6.07) is 7.32. The Morgan fingerprint density at radius 2 is 1.10 bits per heavy atom. The Balaban J connectivity index is 0.000000169. The summed E-state index contributed by atoms with van der Waals surface area (Å²) in [5.74, 6) is 3.37. The number of aryl methyl sites for hydroxylation is 2. The Labute approximate surface area is 292 Å². The third kappa shape index (κ3) is 8.14. The van der Waals surface area contributed by atoms with Crippen molar-refractivity contribution in [3.63, 3.8) is 0 Å². The van der Waals surface area contributed by atoms with Gasteiger partial charge in [0.2, 0.25) is 0 Å². The van der Waals surface area contributed by atoms with Crippen LogP contribution in [-0.2, 0) is 0 Å². The first-order chi connectivity index (χ1) is 23.5. The Bertz CT molecular complexity index is 2420. The first-order valence-electron chi connectivity index (χ1n) is 16.0. The smallest absolute Gasteiger partial charge is 0.269 e. The number of nitrogens with zero attached hydrogens (tertiary/aromatic N) is 3. The van der Waals surface area contributed by atoms with Gasteiger partial charge in [-0.1, -0.05) is 59.1 Å². The molecule has 6 aromatic heterocycles. The van der Waals surface area contributed by atoms with Gasteiger partial charge in [-0.3, -0.25) is 29.3 Å². The van der Waals surface area contributed by atoms with Crippen LogP contribution in [0.15, 0.2) is 57.2 Å². The van der Waals surface area contributed by atoms with Crippen LogP contribution in [-0.4, -0.2) is 29.9 Å². The molecule has 6 rings (SSSR count). The highest BCUT2D eigenvalue weighted by Gasteiger charge is 2.19. The minimum atomic E-state index is -2.79. The highest BCUT2D eigenvalue weighted by molar-refractivity contribution is 6.31. The average molecular weight is 701 g/mol. The normalized spacial score (nSPS) is 11.2. The van der Waals surface area contributed by atoms with Crippen LogP contribution in [0.1, 0.15) is 105 Å². The van der Waals surface area contributed by atoms with Crippen molar-refractivity contribution in [3.05, 3.63) is 118 Å². The van der Waals surface area contributed by atoms with Crippen molar-refractivity contribution in [1.29, 1.82) is 0 Å². The highest BCUT2D eigenvalue weighted by Crippen LogP contribution is 2.25. The standard InChI is InChI=1S/C13H14F2N2O.C13H12N2O.C12H13ClN2O/c1-6(2)8-4-9-11(16-5-8)7(3)10(12(14)15)13(18)17-9;1-4-9-5-11-12(15-13(9)16)6-10(7-14-11)8(2)3;1-6(2)8-4-9-11(14-5-8)7(3)10(13)12(16)15-9/h4-6,12H,1-3H3,(H,17,18);1,5-8H,2-3H3,(H,15,16);4-6H,1-3H3,(H,15,16). The van der Waals surface area contributed by atoms with Crippen LogP contribution in [0.3, 0.4) is 0 Å². The molecule has 0 saturated heterocycles. The topological polar surface area (TPSA) is 137 Å². The van der Waals surface area contributed by atoms with Gasteiger partial charge in [0.1, 0.15) is 5.02 Å². The second-order valence-electron chi connectivity index (χ2n) is 12.8. The molecule has 6 aromatic rings. The molecule has 50 heavy (non-hydrogen) atoms. The van der Waals surface area contributed by atoms with Crippen LogP contribution in [0.2, 0.25) is 5.02 Å². The lowest BCUT2D eigenvalue weighted by molar-refractivity contribution is 0.149. The van der Waals surface area contributed by atoms with Crippen LogP contribution in [0, 0.1) is 26.2 Å². The predicted octanol–water partition coefficient (Wildman–Crippen LogP) is 8.33. The predicted molar refractivity (Wildman–Crippen MR) is 197 cm³/mol. The minimum absolute atomic E-state index is 0.220. The Morgan fingerprint density at radius 1 is 0.660 bits per heavy atom. The molecule has 0 fully saturated rings. The van der Waals surface area contributed by atoms with E-state index in [-0.39, 0.29) is 27.6 Å². The van der Waals surface area contributed by atoms with E-state index in [4.69, 9.17) is 18.0 Å². The van der Waals surface area contributed by atoms with Gasteiger partial charge in [-0.25, -0.2) is 8.78 Å². The number of aromatic nitrogens is 6. The van der Waals surface area contributed by atoms with Crippen LogP contribution < -0.4 is 16.7 Å². The number of alkyl halides is 2. The lowest BCUT2D eigenvalue weighted by Crippen LogP contribution is -2.16. The molecule has 260 valence electrons. The number of terminal acetylenes is 1. The number of halogens is 3. The molecule has 0 saturated carbocycles. The number of fused-ring (bicyclic) bond motifs is 3. The van der Waals surface area contributed by atoms with Crippen molar-refractivity contribution < 1.29 is 8.78 Å².